The van der Waals surface area contributed by atoms with E-state index in [0.29, 0.717) is 6.42 Å². The first kappa shape index (κ1) is 29.7. The van der Waals surface area contributed by atoms with Gasteiger partial charge in [-0.1, -0.05) is 127 Å². The van der Waals surface area contributed by atoms with Crippen LogP contribution in [0, 0.1) is 0 Å². The van der Waals surface area contributed by atoms with Crippen LogP contribution in [0.5, 0.6) is 0 Å². The van der Waals surface area contributed by atoms with Crippen LogP contribution in [0.25, 0.3) is 0 Å². The molecule has 2 nitrogen and oxygen atoms in total. The first-order valence-corrected chi connectivity index (χ1v) is 13.4. The van der Waals surface area contributed by atoms with Gasteiger partial charge in [-0.15, -0.1) is 0 Å². The molecule has 0 atom stereocenters. The number of carbonyl (C=O) groups is 1. The zero-order valence-corrected chi connectivity index (χ0v) is 20.7. The summed E-state index contributed by atoms with van der Waals surface area (Å²) < 4.78 is 0. The van der Waals surface area contributed by atoms with E-state index in [2.05, 4.69) is 43.4 Å². The summed E-state index contributed by atoms with van der Waals surface area (Å²) in [4.78, 5) is 10.4. The summed E-state index contributed by atoms with van der Waals surface area (Å²) in [6.45, 7) is 2.26. The summed E-state index contributed by atoms with van der Waals surface area (Å²) in [7, 11) is 0. The minimum absolute atomic E-state index is 0.337. The zero-order chi connectivity index (χ0) is 22.7. The van der Waals surface area contributed by atoms with Crippen molar-refractivity contribution in [3.63, 3.8) is 0 Å². The molecule has 0 unspecified atom stereocenters. The van der Waals surface area contributed by atoms with Crippen LogP contribution in [0.15, 0.2) is 36.5 Å². The Morgan fingerprint density at radius 3 is 1.29 bits per heavy atom. The summed E-state index contributed by atoms with van der Waals surface area (Å²) >= 11 is 0. The monoisotopic (exact) mass is 432 g/mol. The fraction of sp³-hybridized carbons (Fsp3) is 0.759. The van der Waals surface area contributed by atoms with Gasteiger partial charge in [0.25, 0.3) is 0 Å². The fourth-order valence-electron chi connectivity index (χ4n) is 3.77. The largest absolute Gasteiger partial charge is 0.481 e. The first-order valence-electron chi connectivity index (χ1n) is 13.4. The van der Waals surface area contributed by atoms with Crippen molar-refractivity contribution in [3.8, 4) is 0 Å². The maximum absolute atomic E-state index is 10.4. The molecule has 0 saturated carbocycles. The van der Waals surface area contributed by atoms with Gasteiger partial charge in [-0.25, -0.2) is 0 Å². The van der Waals surface area contributed by atoms with Gasteiger partial charge in [0.15, 0.2) is 0 Å². The molecule has 0 aromatic heterocycles. The molecule has 0 aromatic carbocycles. The molecular weight excluding hydrogens is 380 g/mol. The number of allylic oxidation sites excluding steroid dienone is 6. The molecule has 0 aliphatic rings. The second-order valence-electron chi connectivity index (χ2n) is 8.91. The number of unbranched alkanes of at least 4 members (excludes halogenated alkanes) is 16. The third-order valence-electron chi connectivity index (χ3n) is 5.78. The highest BCUT2D eigenvalue weighted by Gasteiger charge is 1.97. The van der Waals surface area contributed by atoms with Gasteiger partial charge in [0, 0.05) is 6.42 Å². The van der Waals surface area contributed by atoms with Crippen molar-refractivity contribution in [2.24, 2.45) is 0 Å². The van der Waals surface area contributed by atoms with E-state index in [4.69, 9.17) is 5.11 Å². The van der Waals surface area contributed by atoms with Crippen LogP contribution in [-0.4, -0.2) is 11.1 Å². The van der Waals surface area contributed by atoms with Crippen LogP contribution in [0.4, 0.5) is 0 Å². The number of aliphatic carboxylic acids is 1. The molecule has 0 saturated heterocycles. The van der Waals surface area contributed by atoms with E-state index in [-0.39, 0.29) is 0 Å². The van der Waals surface area contributed by atoms with Gasteiger partial charge in [-0.2, -0.15) is 0 Å². The normalized spacial score (nSPS) is 12.0. The van der Waals surface area contributed by atoms with E-state index >= 15 is 0 Å². The Morgan fingerprint density at radius 1 is 0.516 bits per heavy atom. The smallest absolute Gasteiger partial charge is 0.303 e. The Hall–Kier alpha value is -1.31. The first-order chi connectivity index (χ1) is 15.3. The van der Waals surface area contributed by atoms with Crippen LogP contribution >= 0.6 is 0 Å². The maximum atomic E-state index is 10.4. The predicted molar refractivity (Wildman–Crippen MR) is 138 cm³/mol. The summed E-state index contributed by atoms with van der Waals surface area (Å²) in [6.07, 6.45) is 39.5. The van der Waals surface area contributed by atoms with E-state index in [9.17, 15) is 4.79 Å². The topological polar surface area (TPSA) is 37.3 Å². The minimum Gasteiger partial charge on any atom is -0.481 e. The van der Waals surface area contributed by atoms with Crippen molar-refractivity contribution >= 4 is 5.97 Å². The van der Waals surface area contributed by atoms with Crippen LogP contribution in [0.2, 0.25) is 0 Å². The van der Waals surface area contributed by atoms with E-state index in [1.165, 1.54) is 103 Å². The second kappa shape index (κ2) is 26.7. The van der Waals surface area contributed by atoms with Gasteiger partial charge < -0.3 is 5.11 Å². The molecule has 0 radical (unpaired) electrons. The summed E-state index contributed by atoms with van der Waals surface area (Å²) in [5, 5.41) is 8.59. The lowest BCUT2D eigenvalue weighted by Gasteiger charge is -2.02. The average molecular weight is 433 g/mol. The number of carboxylic acid groups (broad SMARTS) is 1. The van der Waals surface area contributed by atoms with Crippen LogP contribution < -0.4 is 0 Å². The molecule has 0 bridgehead atoms. The Balaban J connectivity index is 3.20. The molecule has 0 amide bonds. The number of rotatable bonds is 24. The van der Waals surface area contributed by atoms with Gasteiger partial charge in [0.2, 0.25) is 0 Å². The highest BCUT2D eigenvalue weighted by molar-refractivity contribution is 5.66. The average Bonchev–Trinajstić information content (AvgIpc) is 2.76. The molecule has 0 fully saturated rings. The Labute approximate surface area is 194 Å². The lowest BCUT2D eigenvalue weighted by Crippen LogP contribution is -1.93. The molecule has 31 heavy (non-hydrogen) atoms. The summed E-state index contributed by atoms with van der Waals surface area (Å²) in [5.74, 6) is -0.657. The standard InChI is InChI=1S/C29H52O2/c1-2-3-4-5-6-7-8-9-10-11-12-13-14-15-16-17-18-19-20-21-22-23-24-25-26-27-28-29(30)31/h7-8,10-11,13-14H,2-6,9,12,15-28H2,1H3,(H,30,31). The SMILES string of the molecule is CCCCCCC=CCC=CCC=CCCCCCCCCCCCCCCC(=O)O. The lowest BCUT2D eigenvalue weighted by atomic mass is 10.0. The Morgan fingerprint density at radius 2 is 0.871 bits per heavy atom. The highest BCUT2D eigenvalue weighted by Crippen LogP contribution is 2.13. The molecule has 0 heterocycles. The number of hydrogen-bond donors (Lipinski definition) is 1. The Bertz CT molecular complexity index is 448. The molecule has 0 rings (SSSR count). The van der Waals surface area contributed by atoms with Crippen LogP contribution in [0.1, 0.15) is 142 Å². The molecule has 0 spiro atoms. The van der Waals surface area contributed by atoms with Gasteiger partial charge in [0.1, 0.15) is 0 Å². The maximum Gasteiger partial charge on any atom is 0.303 e. The highest BCUT2D eigenvalue weighted by atomic mass is 16.4. The second-order valence-corrected chi connectivity index (χ2v) is 8.91. The fourth-order valence-corrected chi connectivity index (χ4v) is 3.77. The van der Waals surface area contributed by atoms with Crippen molar-refractivity contribution in [2.45, 2.75) is 142 Å². The minimum atomic E-state index is -0.657. The van der Waals surface area contributed by atoms with Gasteiger partial charge in [0.05, 0.1) is 0 Å². The van der Waals surface area contributed by atoms with Crippen molar-refractivity contribution in [3.05, 3.63) is 36.5 Å². The van der Waals surface area contributed by atoms with Gasteiger partial charge in [-0.3, -0.25) is 4.79 Å². The summed E-state index contributed by atoms with van der Waals surface area (Å²) in [6, 6.07) is 0. The van der Waals surface area contributed by atoms with E-state index in [1.54, 1.807) is 0 Å². The van der Waals surface area contributed by atoms with Crippen molar-refractivity contribution in [1.29, 1.82) is 0 Å². The lowest BCUT2D eigenvalue weighted by molar-refractivity contribution is -0.137. The molecule has 0 aliphatic heterocycles. The molecule has 2 heteroatoms. The third-order valence-corrected chi connectivity index (χ3v) is 5.78. The quantitative estimate of drug-likeness (QED) is 0.122. The van der Waals surface area contributed by atoms with Crippen LogP contribution in [0.3, 0.4) is 0 Å². The van der Waals surface area contributed by atoms with Crippen molar-refractivity contribution in [1.82, 2.24) is 0 Å². The molecule has 1 N–H and O–H groups in total. The van der Waals surface area contributed by atoms with E-state index < -0.39 is 5.97 Å². The van der Waals surface area contributed by atoms with E-state index in [1.807, 2.05) is 0 Å². The Kier molecular flexibility index (Phi) is 25.6. The van der Waals surface area contributed by atoms with Crippen LogP contribution in [-0.2, 0) is 4.79 Å². The van der Waals surface area contributed by atoms with Crippen molar-refractivity contribution in [2.75, 3.05) is 0 Å². The molecule has 0 aromatic rings. The van der Waals surface area contributed by atoms with Crippen molar-refractivity contribution < 1.29 is 9.90 Å². The van der Waals surface area contributed by atoms with Gasteiger partial charge in [-0.05, 0) is 44.9 Å². The third kappa shape index (κ3) is 28.7. The van der Waals surface area contributed by atoms with Gasteiger partial charge >= 0.3 is 5.97 Å². The number of carboxylic acids is 1. The summed E-state index contributed by atoms with van der Waals surface area (Å²) in [5.41, 5.74) is 0. The predicted octanol–water partition coefficient (Wildman–Crippen LogP) is 9.95. The molecule has 0 aliphatic carbocycles. The number of hydrogen-bond acceptors (Lipinski definition) is 1. The zero-order valence-electron chi connectivity index (χ0n) is 20.7. The van der Waals surface area contributed by atoms with E-state index in [0.717, 1.165) is 25.7 Å². The molecule has 180 valence electrons. The molecular formula is C29H52O2.